The molecule has 1 aliphatic heterocycles. The van der Waals surface area contributed by atoms with Crippen LogP contribution in [0.2, 0.25) is 0 Å². The Hall–Kier alpha value is -3.16. The molecule has 2 atom stereocenters. The van der Waals surface area contributed by atoms with Crippen molar-refractivity contribution >= 4 is 28.9 Å². The summed E-state index contributed by atoms with van der Waals surface area (Å²) < 4.78 is 13.9. The lowest BCUT2D eigenvalue weighted by Crippen LogP contribution is -2.37. The molecule has 1 fully saturated rings. The molecule has 0 aliphatic carbocycles. The van der Waals surface area contributed by atoms with Gasteiger partial charge in [-0.05, 0) is 36.6 Å². The van der Waals surface area contributed by atoms with Gasteiger partial charge in [0.25, 0.3) is 0 Å². The highest BCUT2D eigenvalue weighted by atomic mass is 16.6. The summed E-state index contributed by atoms with van der Waals surface area (Å²) in [6.45, 7) is 6.11. The van der Waals surface area contributed by atoms with Gasteiger partial charge in [-0.15, -0.1) is 0 Å². The molecule has 0 radical (unpaired) electrons. The van der Waals surface area contributed by atoms with Crippen LogP contribution in [0.25, 0.3) is 11.0 Å². The van der Waals surface area contributed by atoms with Gasteiger partial charge in [0.2, 0.25) is 5.95 Å². The Kier molecular flexibility index (Phi) is 4.08. The Bertz CT molecular complexity index is 1020. The maximum absolute atomic E-state index is 12.2. The number of rotatable bonds is 5. The van der Waals surface area contributed by atoms with E-state index < -0.39 is 12.1 Å². The quantitative estimate of drug-likeness (QED) is 0.716. The van der Waals surface area contributed by atoms with Gasteiger partial charge in [-0.1, -0.05) is 13.8 Å². The summed E-state index contributed by atoms with van der Waals surface area (Å²) in [5, 5.41) is 3.95. The minimum atomic E-state index is -1.21. The third-order valence-electron chi connectivity index (χ3n) is 4.70. The second-order valence-corrected chi connectivity index (χ2v) is 6.89. The zero-order valence-electron chi connectivity index (χ0n) is 16.4. The van der Waals surface area contributed by atoms with Crippen LogP contribution in [-0.2, 0) is 4.74 Å². The predicted molar refractivity (Wildman–Crippen MR) is 103 cm³/mol. The standard InChI is InChI=1S/C19H22N6O2/c1-11(2)15-10-27-19(26)25(15)16-5-7-21-18(24-16)23-12(3)14-8-13-4-6-20-17(13)22-9-14/h4-9,11-12,15H,10H2,1-3H3,(H,20,22)(H,21,23,24)/t12-,15+/m0/s1/i12D. The molecule has 3 aromatic heterocycles. The lowest BCUT2D eigenvalue weighted by Gasteiger charge is -2.23. The second-order valence-electron chi connectivity index (χ2n) is 6.89. The van der Waals surface area contributed by atoms with Crippen LogP contribution in [0.1, 0.15) is 33.7 Å². The Morgan fingerprint density at radius 2 is 2.22 bits per heavy atom. The smallest absolute Gasteiger partial charge is 0.415 e. The second kappa shape index (κ2) is 6.86. The summed E-state index contributed by atoms with van der Waals surface area (Å²) in [6, 6.07) is 4.18. The number of nitrogens with one attached hydrogen (secondary N) is 2. The first kappa shape index (κ1) is 16.0. The molecule has 0 unspecified atom stereocenters. The lowest BCUT2D eigenvalue weighted by molar-refractivity contribution is 0.177. The fraction of sp³-hybridized carbons (Fsp3) is 0.368. The number of hydrogen-bond acceptors (Lipinski definition) is 6. The topological polar surface area (TPSA) is 96.0 Å². The number of hydrogen-bond donors (Lipinski definition) is 2. The number of fused-ring (bicyclic) bond motifs is 1. The minimum absolute atomic E-state index is 0.0853. The van der Waals surface area contributed by atoms with Crippen molar-refractivity contribution in [2.45, 2.75) is 32.8 Å². The summed E-state index contributed by atoms with van der Waals surface area (Å²) in [7, 11) is 0. The highest BCUT2D eigenvalue weighted by molar-refractivity contribution is 5.89. The summed E-state index contributed by atoms with van der Waals surface area (Å²) in [6.07, 6.45) is 4.61. The van der Waals surface area contributed by atoms with E-state index >= 15 is 0 Å². The number of carbonyl (C=O) groups is 1. The van der Waals surface area contributed by atoms with Crippen molar-refractivity contribution in [3.05, 3.63) is 42.4 Å². The van der Waals surface area contributed by atoms with Crippen molar-refractivity contribution in [2.75, 3.05) is 16.8 Å². The average molecular weight is 367 g/mol. The van der Waals surface area contributed by atoms with Gasteiger partial charge in [-0.2, -0.15) is 4.98 Å². The predicted octanol–water partition coefficient (Wildman–Crippen LogP) is 3.51. The van der Waals surface area contributed by atoms with Crippen LogP contribution in [-0.4, -0.2) is 38.7 Å². The number of pyridine rings is 1. The van der Waals surface area contributed by atoms with Crippen LogP contribution in [0.5, 0.6) is 0 Å². The Labute approximate surface area is 158 Å². The van der Waals surface area contributed by atoms with Crippen LogP contribution in [0.4, 0.5) is 16.6 Å². The Morgan fingerprint density at radius 1 is 1.37 bits per heavy atom. The van der Waals surface area contributed by atoms with Crippen LogP contribution in [0.3, 0.4) is 0 Å². The van der Waals surface area contributed by atoms with Crippen molar-refractivity contribution < 1.29 is 10.9 Å². The molecule has 27 heavy (non-hydrogen) atoms. The molecular formula is C19H22N6O2. The Balaban J connectivity index is 1.61. The van der Waals surface area contributed by atoms with Crippen molar-refractivity contribution in [3.63, 3.8) is 0 Å². The molecule has 8 nitrogen and oxygen atoms in total. The first-order chi connectivity index (χ1) is 13.3. The highest BCUT2D eigenvalue weighted by Gasteiger charge is 2.37. The number of aromatic amines is 1. The van der Waals surface area contributed by atoms with Crippen molar-refractivity contribution in [1.29, 1.82) is 0 Å². The molecule has 1 amide bonds. The van der Waals surface area contributed by atoms with E-state index in [4.69, 9.17) is 6.11 Å². The van der Waals surface area contributed by atoms with Gasteiger partial charge in [-0.25, -0.2) is 14.8 Å². The van der Waals surface area contributed by atoms with E-state index in [9.17, 15) is 4.79 Å². The zero-order chi connectivity index (χ0) is 19.9. The van der Waals surface area contributed by atoms with E-state index in [0.717, 1.165) is 11.0 Å². The van der Waals surface area contributed by atoms with Crippen molar-refractivity contribution in [3.8, 4) is 0 Å². The van der Waals surface area contributed by atoms with Crippen LogP contribution < -0.4 is 10.2 Å². The van der Waals surface area contributed by atoms with Gasteiger partial charge in [0.15, 0.2) is 0 Å². The number of carbonyl (C=O) groups excluding carboxylic acids is 1. The lowest BCUT2D eigenvalue weighted by atomic mass is 10.0. The number of aromatic nitrogens is 4. The molecule has 140 valence electrons. The van der Waals surface area contributed by atoms with E-state index in [1.54, 1.807) is 30.3 Å². The first-order valence-corrected chi connectivity index (χ1v) is 8.86. The van der Waals surface area contributed by atoms with E-state index in [-0.39, 0.29) is 17.9 Å². The van der Waals surface area contributed by atoms with Crippen molar-refractivity contribution in [2.24, 2.45) is 5.92 Å². The third kappa shape index (κ3) is 3.30. The van der Waals surface area contributed by atoms with E-state index in [1.807, 2.05) is 32.2 Å². The average Bonchev–Trinajstić information content (AvgIpc) is 3.27. The minimum Gasteiger partial charge on any atom is -0.447 e. The number of ether oxygens (including phenoxy) is 1. The molecular weight excluding hydrogens is 344 g/mol. The molecule has 0 aromatic carbocycles. The Morgan fingerprint density at radius 3 is 3.04 bits per heavy atom. The van der Waals surface area contributed by atoms with Gasteiger partial charge in [0, 0.05) is 24.0 Å². The first-order valence-electron chi connectivity index (χ1n) is 9.36. The number of amides is 1. The monoisotopic (exact) mass is 367 g/mol. The van der Waals surface area contributed by atoms with E-state index in [2.05, 4.69) is 25.3 Å². The number of nitrogens with zero attached hydrogens (tertiary/aromatic N) is 4. The number of cyclic esters (lactones) is 1. The molecule has 1 saturated heterocycles. The van der Waals surface area contributed by atoms with Gasteiger partial charge in [0.1, 0.15) is 18.1 Å². The molecule has 2 N–H and O–H groups in total. The SMILES string of the molecule is [2H][C@@](C)(Nc1nccc(N2C(=O)OC[C@@H]2C(C)C)n1)c1cnc2[nH]ccc2c1. The summed E-state index contributed by atoms with van der Waals surface area (Å²) in [5.74, 6) is 0.929. The van der Waals surface area contributed by atoms with E-state index in [0.29, 0.717) is 18.0 Å². The van der Waals surface area contributed by atoms with Crippen molar-refractivity contribution in [1.82, 2.24) is 19.9 Å². The van der Waals surface area contributed by atoms with Crippen LogP contribution in [0, 0.1) is 5.92 Å². The molecule has 0 spiro atoms. The van der Waals surface area contributed by atoms with E-state index in [1.165, 1.54) is 0 Å². The van der Waals surface area contributed by atoms with Crippen LogP contribution >= 0.6 is 0 Å². The highest BCUT2D eigenvalue weighted by Crippen LogP contribution is 2.27. The number of H-pyrrole nitrogens is 1. The normalized spacial score (nSPS) is 19.9. The van der Waals surface area contributed by atoms with Gasteiger partial charge >= 0.3 is 6.09 Å². The van der Waals surface area contributed by atoms with Crippen LogP contribution in [0.15, 0.2) is 36.8 Å². The molecule has 3 aromatic rings. The maximum atomic E-state index is 12.2. The summed E-state index contributed by atoms with van der Waals surface area (Å²) >= 11 is 0. The fourth-order valence-electron chi connectivity index (χ4n) is 3.12. The third-order valence-corrected chi connectivity index (χ3v) is 4.70. The molecule has 4 rings (SSSR count). The molecule has 8 heteroatoms. The zero-order valence-corrected chi connectivity index (χ0v) is 15.4. The van der Waals surface area contributed by atoms with Gasteiger partial charge < -0.3 is 15.0 Å². The largest absolute Gasteiger partial charge is 0.447 e. The maximum Gasteiger partial charge on any atom is 0.415 e. The summed E-state index contributed by atoms with van der Waals surface area (Å²) in [5.41, 5.74) is 1.44. The summed E-state index contributed by atoms with van der Waals surface area (Å²) in [4.78, 5) is 29.8. The van der Waals surface area contributed by atoms with Gasteiger partial charge in [0.05, 0.1) is 13.4 Å². The fourth-order valence-corrected chi connectivity index (χ4v) is 3.12. The molecule has 0 saturated carbocycles. The molecule has 0 bridgehead atoms. The van der Waals surface area contributed by atoms with Gasteiger partial charge in [-0.3, -0.25) is 4.90 Å². The molecule has 4 heterocycles. The molecule has 1 aliphatic rings. The number of anilines is 2.